The van der Waals surface area contributed by atoms with Gasteiger partial charge in [0.25, 0.3) is 0 Å². The van der Waals surface area contributed by atoms with Gasteiger partial charge in [-0.2, -0.15) is 0 Å². The van der Waals surface area contributed by atoms with Gasteiger partial charge < -0.3 is 19.6 Å². The van der Waals surface area contributed by atoms with Gasteiger partial charge in [-0.1, -0.05) is 11.6 Å². The number of carbonyl (C=O) groups is 1. The third kappa shape index (κ3) is 4.52. The van der Waals surface area contributed by atoms with Crippen LogP contribution in [0.5, 0.6) is 0 Å². The number of amides is 1. The Labute approximate surface area is 167 Å². The first-order chi connectivity index (χ1) is 12.5. The molecule has 1 N–H and O–H groups in total. The van der Waals surface area contributed by atoms with Crippen molar-refractivity contribution in [2.24, 2.45) is 0 Å². The van der Waals surface area contributed by atoms with Crippen molar-refractivity contribution in [2.75, 3.05) is 18.0 Å². The number of anilines is 1. The summed E-state index contributed by atoms with van der Waals surface area (Å²) in [5.74, 6) is 0. The summed E-state index contributed by atoms with van der Waals surface area (Å²) >= 11 is 6.17. The minimum Gasteiger partial charge on any atom is -0.444 e. The van der Waals surface area contributed by atoms with Crippen molar-refractivity contribution in [3.63, 3.8) is 0 Å². The Kier molecular flexibility index (Phi) is 5.39. The van der Waals surface area contributed by atoms with E-state index in [-0.39, 0.29) is 18.2 Å². The Balaban J connectivity index is 1.86. The summed E-state index contributed by atoms with van der Waals surface area (Å²) in [6, 6.07) is 5.90. The lowest BCUT2D eigenvalue weighted by atomic mass is 9.94. The van der Waals surface area contributed by atoms with Gasteiger partial charge in [-0.15, -0.1) is 0 Å². The van der Waals surface area contributed by atoms with E-state index in [1.165, 1.54) is 11.3 Å². The zero-order chi connectivity index (χ0) is 20.0. The van der Waals surface area contributed by atoms with E-state index in [1.54, 1.807) is 18.7 Å². The number of carbonyl (C=O) groups excluding carboxylic acids is 1. The van der Waals surface area contributed by atoms with E-state index in [0.717, 1.165) is 24.4 Å². The number of fused-ring (bicyclic) bond motifs is 1. The van der Waals surface area contributed by atoms with E-state index >= 15 is 0 Å². The van der Waals surface area contributed by atoms with Gasteiger partial charge in [0.05, 0.1) is 11.6 Å². The molecule has 0 aromatic heterocycles. The van der Waals surface area contributed by atoms with Crippen molar-refractivity contribution in [1.29, 1.82) is 0 Å². The van der Waals surface area contributed by atoms with Gasteiger partial charge in [0.15, 0.2) is 0 Å². The molecular weight excluding hydrogens is 364 g/mol. The molecular formula is C21H31ClN2O3. The number of likely N-dealkylation sites (tertiary alicyclic amines) is 1. The Bertz CT molecular complexity index is 708. The molecule has 2 aliphatic rings. The molecule has 0 unspecified atom stereocenters. The highest BCUT2D eigenvalue weighted by Crippen LogP contribution is 2.37. The van der Waals surface area contributed by atoms with Crippen LogP contribution in [0.4, 0.5) is 10.5 Å². The van der Waals surface area contributed by atoms with E-state index in [4.69, 9.17) is 16.3 Å². The number of rotatable bonds is 2. The second-order valence-corrected chi connectivity index (χ2v) is 9.70. The summed E-state index contributed by atoms with van der Waals surface area (Å²) in [6.45, 7) is 10.6. The Morgan fingerprint density at radius 3 is 2.59 bits per heavy atom. The van der Waals surface area contributed by atoms with Gasteiger partial charge in [-0.25, -0.2) is 4.79 Å². The van der Waals surface area contributed by atoms with Crippen molar-refractivity contribution in [3.05, 3.63) is 28.8 Å². The molecule has 0 aliphatic carbocycles. The van der Waals surface area contributed by atoms with Gasteiger partial charge in [-0.05, 0) is 77.6 Å². The predicted molar refractivity (Wildman–Crippen MR) is 109 cm³/mol. The minimum absolute atomic E-state index is 0.147. The van der Waals surface area contributed by atoms with Crippen LogP contribution in [0.1, 0.15) is 53.0 Å². The summed E-state index contributed by atoms with van der Waals surface area (Å²) in [7, 11) is 0. The molecule has 5 nitrogen and oxygen atoms in total. The molecule has 2 heterocycles. The standard InChI is InChI=1S/C21H31ClN2O3/c1-20(2,3)27-19(25)24-13-16(12-18(24)21(4,5)26)23-10-6-7-14-11-15(22)8-9-17(14)23/h8-9,11,16,18,26H,6-7,10,12-13H2,1-5H3/t16-,18-/m0/s1. The summed E-state index contributed by atoms with van der Waals surface area (Å²) in [4.78, 5) is 16.9. The van der Waals surface area contributed by atoms with E-state index in [9.17, 15) is 9.90 Å². The number of ether oxygens (including phenoxy) is 1. The third-order valence-corrected chi connectivity index (χ3v) is 5.59. The van der Waals surface area contributed by atoms with Crippen molar-refractivity contribution in [2.45, 2.75) is 77.2 Å². The van der Waals surface area contributed by atoms with Crippen LogP contribution in [0.3, 0.4) is 0 Å². The lowest BCUT2D eigenvalue weighted by Gasteiger charge is -2.36. The Hall–Kier alpha value is -1.46. The first kappa shape index (κ1) is 20.3. The molecule has 2 aliphatic heterocycles. The van der Waals surface area contributed by atoms with Crippen molar-refractivity contribution >= 4 is 23.4 Å². The van der Waals surface area contributed by atoms with Crippen LogP contribution >= 0.6 is 11.6 Å². The van der Waals surface area contributed by atoms with Crippen molar-refractivity contribution < 1.29 is 14.6 Å². The molecule has 1 aromatic carbocycles. The fraction of sp³-hybridized carbons (Fsp3) is 0.667. The molecule has 1 saturated heterocycles. The lowest BCUT2D eigenvalue weighted by molar-refractivity contribution is -0.0240. The normalized spacial score (nSPS) is 23.4. The molecule has 1 fully saturated rings. The number of aryl methyl sites for hydroxylation is 1. The van der Waals surface area contributed by atoms with Crippen LogP contribution in [0.15, 0.2) is 18.2 Å². The number of aliphatic hydroxyl groups is 1. The topological polar surface area (TPSA) is 53.0 Å². The van der Waals surface area contributed by atoms with Crippen LogP contribution in [0, 0.1) is 0 Å². The Morgan fingerprint density at radius 1 is 1.26 bits per heavy atom. The monoisotopic (exact) mass is 394 g/mol. The van der Waals surface area contributed by atoms with E-state index in [2.05, 4.69) is 11.0 Å². The van der Waals surface area contributed by atoms with Crippen LogP contribution in [-0.4, -0.2) is 52.5 Å². The minimum atomic E-state index is -0.996. The van der Waals surface area contributed by atoms with Crippen molar-refractivity contribution in [1.82, 2.24) is 4.90 Å². The van der Waals surface area contributed by atoms with Gasteiger partial charge in [0.1, 0.15) is 5.60 Å². The number of nitrogens with zero attached hydrogens (tertiary/aromatic N) is 2. The smallest absolute Gasteiger partial charge is 0.410 e. The fourth-order valence-corrected chi connectivity index (χ4v) is 4.40. The van der Waals surface area contributed by atoms with Gasteiger partial charge in [0.2, 0.25) is 0 Å². The first-order valence-corrected chi connectivity index (χ1v) is 10.1. The molecule has 6 heteroatoms. The molecule has 0 spiro atoms. The summed E-state index contributed by atoms with van der Waals surface area (Å²) in [6.07, 6.45) is 2.43. The second kappa shape index (κ2) is 7.17. The van der Waals surface area contributed by atoms with Gasteiger partial charge in [-0.3, -0.25) is 0 Å². The lowest BCUT2D eigenvalue weighted by Crippen LogP contribution is -2.49. The van der Waals surface area contributed by atoms with E-state index < -0.39 is 11.2 Å². The van der Waals surface area contributed by atoms with E-state index in [1.807, 2.05) is 32.9 Å². The summed E-state index contributed by atoms with van der Waals surface area (Å²) in [5.41, 5.74) is 0.887. The average molecular weight is 395 g/mol. The zero-order valence-corrected chi connectivity index (χ0v) is 17.7. The highest BCUT2D eigenvalue weighted by molar-refractivity contribution is 6.30. The van der Waals surface area contributed by atoms with Crippen molar-refractivity contribution in [3.8, 4) is 0 Å². The molecule has 27 heavy (non-hydrogen) atoms. The Morgan fingerprint density at radius 2 is 1.96 bits per heavy atom. The molecule has 150 valence electrons. The molecule has 2 atom stereocenters. The zero-order valence-electron chi connectivity index (χ0n) is 17.0. The number of hydrogen-bond acceptors (Lipinski definition) is 4. The maximum absolute atomic E-state index is 12.8. The fourth-order valence-electron chi connectivity index (χ4n) is 4.21. The molecule has 0 radical (unpaired) electrons. The molecule has 1 aromatic rings. The second-order valence-electron chi connectivity index (χ2n) is 9.26. The average Bonchev–Trinajstić information content (AvgIpc) is 2.98. The molecule has 0 bridgehead atoms. The summed E-state index contributed by atoms with van der Waals surface area (Å²) in [5, 5.41) is 11.5. The van der Waals surface area contributed by atoms with Crippen LogP contribution < -0.4 is 4.90 Å². The van der Waals surface area contributed by atoms with Crippen LogP contribution in [0.25, 0.3) is 0 Å². The SMILES string of the molecule is CC(C)(C)OC(=O)N1C[C@@H](N2CCCc3cc(Cl)ccc32)C[C@H]1C(C)(C)O. The highest BCUT2D eigenvalue weighted by Gasteiger charge is 2.46. The number of halogens is 1. The molecule has 1 amide bonds. The van der Waals surface area contributed by atoms with Gasteiger partial charge >= 0.3 is 6.09 Å². The van der Waals surface area contributed by atoms with Crippen LogP contribution in [0.2, 0.25) is 5.02 Å². The van der Waals surface area contributed by atoms with Crippen LogP contribution in [-0.2, 0) is 11.2 Å². The maximum atomic E-state index is 12.8. The first-order valence-electron chi connectivity index (χ1n) is 9.73. The number of benzene rings is 1. The predicted octanol–water partition coefficient (Wildman–Crippen LogP) is 4.24. The third-order valence-electron chi connectivity index (χ3n) is 5.36. The highest BCUT2D eigenvalue weighted by atomic mass is 35.5. The maximum Gasteiger partial charge on any atom is 0.410 e. The van der Waals surface area contributed by atoms with E-state index in [0.29, 0.717) is 13.0 Å². The van der Waals surface area contributed by atoms with Gasteiger partial charge in [0, 0.05) is 29.8 Å². The molecule has 3 rings (SSSR count). The summed E-state index contributed by atoms with van der Waals surface area (Å²) < 4.78 is 5.61. The largest absolute Gasteiger partial charge is 0.444 e. The number of hydrogen-bond donors (Lipinski definition) is 1. The molecule has 0 saturated carbocycles. The quantitative estimate of drug-likeness (QED) is 0.815.